The summed E-state index contributed by atoms with van der Waals surface area (Å²) >= 11 is 0. The monoisotopic (exact) mass is 206 g/mol. The molecule has 84 valence electrons. The van der Waals surface area contributed by atoms with E-state index < -0.39 is 0 Å². The van der Waals surface area contributed by atoms with Crippen LogP contribution in [0.2, 0.25) is 0 Å². The van der Waals surface area contributed by atoms with Gasteiger partial charge in [0.2, 0.25) is 0 Å². The third-order valence-corrected chi connectivity index (χ3v) is 2.63. The van der Waals surface area contributed by atoms with Crippen LogP contribution in [-0.2, 0) is 0 Å². The Balaban J connectivity index is 2.33. The highest BCUT2D eigenvalue weighted by Crippen LogP contribution is 2.14. The van der Waals surface area contributed by atoms with Crippen molar-refractivity contribution in [2.75, 3.05) is 11.9 Å². The third kappa shape index (κ3) is 4.82. The van der Waals surface area contributed by atoms with E-state index in [2.05, 4.69) is 24.1 Å². The van der Waals surface area contributed by atoms with Crippen molar-refractivity contribution in [2.45, 2.75) is 39.5 Å². The molecular formula is C13H22N2. The predicted octanol–water partition coefficient (Wildman–Crippen LogP) is 3.71. The Bertz CT molecular complexity index is 240. The van der Waals surface area contributed by atoms with E-state index in [1.165, 1.54) is 25.7 Å². The second kappa shape index (κ2) is 7.27. The quantitative estimate of drug-likeness (QED) is 0.735. The van der Waals surface area contributed by atoms with Gasteiger partial charge in [-0.3, -0.25) is 0 Å². The summed E-state index contributed by atoms with van der Waals surface area (Å²) in [6, 6.07) is 5.99. The van der Waals surface area contributed by atoms with Crippen LogP contribution in [0.1, 0.15) is 39.5 Å². The number of aromatic nitrogens is 1. The number of nitrogens with one attached hydrogen (secondary N) is 1. The molecule has 1 heterocycles. The molecule has 0 bridgehead atoms. The van der Waals surface area contributed by atoms with Gasteiger partial charge < -0.3 is 5.32 Å². The first-order chi connectivity index (χ1) is 7.36. The van der Waals surface area contributed by atoms with Gasteiger partial charge in [0.1, 0.15) is 5.82 Å². The van der Waals surface area contributed by atoms with E-state index in [0.29, 0.717) is 0 Å². The van der Waals surface area contributed by atoms with Crippen LogP contribution in [0.15, 0.2) is 24.4 Å². The van der Waals surface area contributed by atoms with E-state index in [1.54, 1.807) is 0 Å². The number of pyridine rings is 1. The minimum absolute atomic E-state index is 0.794. The van der Waals surface area contributed by atoms with Crippen LogP contribution in [0.25, 0.3) is 0 Å². The Kier molecular flexibility index (Phi) is 5.83. The van der Waals surface area contributed by atoms with Crippen molar-refractivity contribution in [3.63, 3.8) is 0 Å². The van der Waals surface area contributed by atoms with Crippen molar-refractivity contribution in [2.24, 2.45) is 5.92 Å². The summed E-state index contributed by atoms with van der Waals surface area (Å²) in [6.45, 7) is 5.56. The molecule has 0 aromatic carbocycles. The van der Waals surface area contributed by atoms with Gasteiger partial charge in [0.15, 0.2) is 0 Å². The zero-order valence-corrected chi connectivity index (χ0v) is 9.87. The maximum absolute atomic E-state index is 4.26. The summed E-state index contributed by atoms with van der Waals surface area (Å²) in [4.78, 5) is 4.26. The molecule has 15 heavy (non-hydrogen) atoms. The van der Waals surface area contributed by atoms with E-state index in [4.69, 9.17) is 0 Å². The first-order valence-electron chi connectivity index (χ1n) is 6.01. The second-order valence-electron chi connectivity index (χ2n) is 4.04. The molecule has 0 unspecified atom stereocenters. The standard InChI is InChI=1S/C13H22N2/c1-3-7-12(8-4-2)11-15-13-9-5-6-10-14-13/h5-6,9-10,12H,3-4,7-8,11H2,1-2H3,(H,14,15). The molecule has 1 aromatic rings. The SMILES string of the molecule is CCCC(CCC)CNc1ccccn1. The Hall–Kier alpha value is -1.05. The lowest BCUT2D eigenvalue weighted by Crippen LogP contribution is -2.14. The molecule has 0 aliphatic rings. The summed E-state index contributed by atoms with van der Waals surface area (Å²) in [5, 5.41) is 3.40. The first-order valence-corrected chi connectivity index (χ1v) is 6.01. The predicted molar refractivity (Wildman–Crippen MR) is 66.0 cm³/mol. The highest BCUT2D eigenvalue weighted by molar-refractivity contribution is 5.32. The van der Waals surface area contributed by atoms with Crippen LogP contribution >= 0.6 is 0 Å². The molecule has 1 rings (SSSR count). The fourth-order valence-electron chi connectivity index (χ4n) is 1.88. The molecule has 0 fully saturated rings. The van der Waals surface area contributed by atoms with E-state index in [-0.39, 0.29) is 0 Å². The molecule has 0 atom stereocenters. The molecule has 0 saturated carbocycles. The third-order valence-electron chi connectivity index (χ3n) is 2.63. The summed E-state index contributed by atoms with van der Waals surface area (Å²) in [5.74, 6) is 1.79. The zero-order valence-electron chi connectivity index (χ0n) is 9.87. The maximum Gasteiger partial charge on any atom is 0.125 e. The molecule has 0 radical (unpaired) electrons. The number of anilines is 1. The topological polar surface area (TPSA) is 24.9 Å². The van der Waals surface area contributed by atoms with Crippen molar-refractivity contribution in [3.8, 4) is 0 Å². The van der Waals surface area contributed by atoms with Gasteiger partial charge in [-0.2, -0.15) is 0 Å². The Morgan fingerprint density at radius 2 is 1.93 bits per heavy atom. The van der Waals surface area contributed by atoms with Crippen molar-refractivity contribution in [1.82, 2.24) is 4.98 Å². The molecule has 0 aliphatic carbocycles. The largest absolute Gasteiger partial charge is 0.370 e. The summed E-state index contributed by atoms with van der Waals surface area (Å²) < 4.78 is 0. The van der Waals surface area contributed by atoms with Crippen molar-refractivity contribution in [3.05, 3.63) is 24.4 Å². The zero-order chi connectivity index (χ0) is 10.9. The van der Waals surface area contributed by atoms with Crippen LogP contribution in [0.3, 0.4) is 0 Å². The lowest BCUT2D eigenvalue weighted by molar-refractivity contribution is 0.461. The molecule has 0 amide bonds. The van der Waals surface area contributed by atoms with E-state index in [9.17, 15) is 0 Å². The summed E-state index contributed by atoms with van der Waals surface area (Å²) in [5.41, 5.74) is 0. The normalized spacial score (nSPS) is 10.6. The van der Waals surface area contributed by atoms with E-state index in [1.807, 2.05) is 24.4 Å². The molecular weight excluding hydrogens is 184 g/mol. The average Bonchev–Trinajstić information content (AvgIpc) is 2.28. The summed E-state index contributed by atoms with van der Waals surface area (Å²) in [7, 11) is 0. The molecule has 1 aromatic heterocycles. The van der Waals surface area contributed by atoms with Gasteiger partial charge in [-0.05, 0) is 30.9 Å². The van der Waals surface area contributed by atoms with Gasteiger partial charge in [-0.25, -0.2) is 4.98 Å². The fourth-order valence-corrected chi connectivity index (χ4v) is 1.88. The minimum Gasteiger partial charge on any atom is -0.370 e. The second-order valence-corrected chi connectivity index (χ2v) is 4.04. The highest BCUT2D eigenvalue weighted by atomic mass is 15.0. The van der Waals surface area contributed by atoms with Gasteiger partial charge in [0, 0.05) is 12.7 Å². The van der Waals surface area contributed by atoms with Gasteiger partial charge in [-0.1, -0.05) is 32.8 Å². The van der Waals surface area contributed by atoms with Crippen molar-refractivity contribution >= 4 is 5.82 Å². The number of hydrogen-bond acceptors (Lipinski definition) is 2. The molecule has 2 nitrogen and oxygen atoms in total. The molecule has 0 aliphatic heterocycles. The lowest BCUT2D eigenvalue weighted by Gasteiger charge is -2.16. The molecule has 0 spiro atoms. The highest BCUT2D eigenvalue weighted by Gasteiger charge is 2.06. The Morgan fingerprint density at radius 1 is 1.20 bits per heavy atom. The molecule has 0 saturated heterocycles. The van der Waals surface area contributed by atoms with Crippen LogP contribution in [0, 0.1) is 5.92 Å². The number of nitrogens with zero attached hydrogens (tertiary/aromatic N) is 1. The van der Waals surface area contributed by atoms with Crippen LogP contribution < -0.4 is 5.32 Å². The van der Waals surface area contributed by atoms with Crippen molar-refractivity contribution < 1.29 is 0 Å². The number of rotatable bonds is 7. The van der Waals surface area contributed by atoms with Crippen LogP contribution in [-0.4, -0.2) is 11.5 Å². The smallest absolute Gasteiger partial charge is 0.125 e. The molecule has 2 heteroatoms. The van der Waals surface area contributed by atoms with Gasteiger partial charge in [-0.15, -0.1) is 0 Å². The van der Waals surface area contributed by atoms with Crippen LogP contribution in [0.4, 0.5) is 5.82 Å². The van der Waals surface area contributed by atoms with Crippen molar-refractivity contribution in [1.29, 1.82) is 0 Å². The molecule has 1 N–H and O–H groups in total. The van der Waals surface area contributed by atoms with Crippen LogP contribution in [0.5, 0.6) is 0 Å². The summed E-state index contributed by atoms with van der Waals surface area (Å²) in [6.07, 6.45) is 7.00. The van der Waals surface area contributed by atoms with Gasteiger partial charge >= 0.3 is 0 Å². The Morgan fingerprint density at radius 3 is 2.47 bits per heavy atom. The lowest BCUT2D eigenvalue weighted by atomic mass is 9.98. The minimum atomic E-state index is 0.794. The van der Waals surface area contributed by atoms with Gasteiger partial charge in [0.05, 0.1) is 0 Å². The Labute approximate surface area is 93.1 Å². The fraction of sp³-hybridized carbons (Fsp3) is 0.615. The first kappa shape index (κ1) is 12.0. The number of hydrogen-bond donors (Lipinski definition) is 1. The average molecular weight is 206 g/mol. The maximum atomic E-state index is 4.26. The van der Waals surface area contributed by atoms with Gasteiger partial charge in [0.25, 0.3) is 0 Å². The van der Waals surface area contributed by atoms with E-state index in [0.717, 1.165) is 18.3 Å². The van der Waals surface area contributed by atoms with E-state index >= 15 is 0 Å².